The zero-order valence-corrected chi connectivity index (χ0v) is 10.00. The Hall–Kier alpha value is -1.33. The molecule has 0 fully saturated rings. The Bertz CT molecular complexity index is 467. The summed E-state index contributed by atoms with van der Waals surface area (Å²) in [7, 11) is 0. The number of aromatic nitrogens is 3. The molecule has 2 rings (SSSR count). The number of hydrogen-bond donors (Lipinski definition) is 1. The summed E-state index contributed by atoms with van der Waals surface area (Å²) in [4.78, 5) is 13.1. The fourth-order valence-corrected chi connectivity index (χ4v) is 2.20. The third kappa shape index (κ3) is 2.84. The average molecular weight is 234 g/mol. The molecule has 0 aromatic carbocycles. The van der Waals surface area contributed by atoms with Crippen molar-refractivity contribution in [2.75, 3.05) is 6.54 Å². The van der Waals surface area contributed by atoms with Crippen LogP contribution in [0.2, 0.25) is 0 Å². The molecule has 0 atom stereocenters. The molecule has 0 unspecified atom stereocenters. The third-order valence-corrected chi connectivity index (χ3v) is 3.11. The lowest BCUT2D eigenvalue weighted by Gasteiger charge is -2.00. The van der Waals surface area contributed by atoms with Crippen molar-refractivity contribution in [1.29, 1.82) is 0 Å². The fourth-order valence-electron chi connectivity index (χ4n) is 1.43. The summed E-state index contributed by atoms with van der Waals surface area (Å²) in [5.41, 5.74) is 7.55. The number of rotatable bonds is 4. The van der Waals surface area contributed by atoms with Gasteiger partial charge >= 0.3 is 0 Å². The van der Waals surface area contributed by atoms with E-state index in [2.05, 4.69) is 15.0 Å². The molecular weight excluding hydrogens is 220 g/mol. The van der Waals surface area contributed by atoms with Crippen LogP contribution >= 0.6 is 11.3 Å². The van der Waals surface area contributed by atoms with Crippen LogP contribution in [-0.2, 0) is 12.8 Å². The van der Waals surface area contributed by atoms with Crippen LogP contribution in [0.5, 0.6) is 0 Å². The maximum Gasteiger partial charge on any atom is 0.135 e. The molecule has 84 valence electrons. The Kier molecular flexibility index (Phi) is 3.58. The lowest BCUT2D eigenvalue weighted by atomic mass is 10.3. The highest BCUT2D eigenvalue weighted by Gasteiger charge is 2.04. The molecule has 4 nitrogen and oxygen atoms in total. The SMILES string of the molecule is Cc1csc(Cc2nccc(CCN)n2)n1. The normalized spacial score (nSPS) is 10.6. The smallest absolute Gasteiger partial charge is 0.135 e. The van der Waals surface area contributed by atoms with Crippen LogP contribution in [0.15, 0.2) is 17.6 Å². The quantitative estimate of drug-likeness (QED) is 0.867. The van der Waals surface area contributed by atoms with E-state index in [0.717, 1.165) is 28.6 Å². The molecule has 0 aliphatic heterocycles. The Labute approximate surface area is 98.6 Å². The van der Waals surface area contributed by atoms with Crippen molar-refractivity contribution in [3.05, 3.63) is 39.9 Å². The molecule has 0 saturated heterocycles. The Morgan fingerprint density at radius 1 is 1.38 bits per heavy atom. The molecule has 2 aromatic rings. The number of hydrogen-bond acceptors (Lipinski definition) is 5. The molecule has 0 bridgehead atoms. The van der Waals surface area contributed by atoms with E-state index in [9.17, 15) is 0 Å². The molecule has 5 heteroatoms. The topological polar surface area (TPSA) is 64.7 Å². The van der Waals surface area contributed by atoms with Gasteiger partial charge in [-0.1, -0.05) is 0 Å². The average Bonchev–Trinajstić information content (AvgIpc) is 2.65. The van der Waals surface area contributed by atoms with Crippen molar-refractivity contribution in [2.24, 2.45) is 5.73 Å². The number of nitrogens with two attached hydrogens (primary N) is 1. The second-order valence-corrected chi connectivity index (χ2v) is 4.50. The van der Waals surface area contributed by atoms with E-state index in [4.69, 9.17) is 5.73 Å². The zero-order valence-electron chi connectivity index (χ0n) is 9.18. The molecule has 16 heavy (non-hydrogen) atoms. The summed E-state index contributed by atoms with van der Waals surface area (Å²) in [6.45, 7) is 2.61. The van der Waals surface area contributed by atoms with Gasteiger partial charge < -0.3 is 5.73 Å². The van der Waals surface area contributed by atoms with E-state index in [-0.39, 0.29) is 0 Å². The van der Waals surface area contributed by atoms with E-state index in [0.29, 0.717) is 13.0 Å². The van der Waals surface area contributed by atoms with Crippen LogP contribution < -0.4 is 5.73 Å². The Morgan fingerprint density at radius 3 is 2.94 bits per heavy atom. The molecule has 0 spiro atoms. The lowest BCUT2D eigenvalue weighted by molar-refractivity contribution is 0.862. The summed E-state index contributed by atoms with van der Waals surface area (Å²) >= 11 is 1.65. The van der Waals surface area contributed by atoms with Crippen LogP contribution in [0.4, 0.5) is 0 Å². The molecule has 2 aromatic heterocycles. The summed E-state index contributed by atoms with van der Waals surface area (Å²) in [6, 6.07) is 1.91. The predicted molar refractivity (Wildman–Crippen MR) is 64.4 cm³/mol. The minimum atomic E-state index is 0.618. The van der Waals surface area contributed by atoms with Crippen LogP contribution in [0.1, 0.15) is 22.2 Å². The van der Waals surface area contributed by atoms with E-state index in [1.807, 2.05) is 18.4 Å². The molecule has 2 heterocycles. The van der Waals surface area contributed by atoms with E-state index >= 15 is 0 Å². The van der Waals surface area contributed by atoms with Gasteiger partial charge in [0.25, 0.3) is 0 Å². The first kappa shape index (κ1) is 11.2. The largest absolute Gasteiger partial charge is 0.330 e. The molecular formula is C11H14N4S. The second-order valence-electron chi connectivity index (χ2n) is 3.56. The Balaban J connectivity index is 2.12. The van der Waals surface area contributed by atoms with Gasteiger partial charge in [-0.2, -0.15) is 0 Å². The first-order chi connectivity index (χ1) is 7.78. The van der Waals surface area contributed by atoms with Gasteiger partial charge in [0.1, 0.15) is 10.8 Å². The van der Waals surface area contributed by atoms with Gasteiger partial charge in [-0.05, 0) is 19.5 Å². The van der Waals surface area contributed by atoms with Gasteiger partial charge in [-0.15, -0.1) is 11.3 Å². The lowest BCUT2D eigenvalue weighted by Crippen LogP contribution is -2.06. The Morgan fingerprint density at radius 2 is 2.25 bits per heavy atom. The summed E-state index contributed by atoms with van der Waals surface area (Å²) in [5, 5.41) is 3.10. The second kappa shape index (κ2) is 5.14. The van der Waals surface area contributed by atoms with Gasteiger partial charge in [-0.3, -0.25) is 0 Å². The highest BCUT2D eigenvalue weighted by Crippen LogP contribution is 2.12. The van der Waals surface area contributed by atoms with Crippen molar-refractivity contribution in [1.82, 2.24) is 15.0 Å². The third-order valence-electron chi connectivity index (χ3n) is 2.14. The van der Waals surface area contributed by atoms with Crippen molar-refractivity contribution in [3.8, 4) is 0 Å². The first-order valence-corrected chi connectivity index (χ1v) is 6.08. The van der Waals surface area contributed by atoms with Crippen LogP contribution in [0.25, 0.3) is 0 Å². The molecule has 0 saturated carbocycles. The van der Waals surface area contributed by atoms with Crippen molar-refractivity contribution >= 4 is 11.3 Å². The highest BCUT2D eigenvalue weighted by atomic mass is 32.1. The number of aryl methyl sites for hydroxylation is 1. The maximum atomic E-state index is 5.50. The van der Waals surface area contributed by atoms with Crippen LogP contribution in [0, 0.1) is 6.92 Å². The molecule has 0 aliphatic carbocycles. The predicted octanol–water partition coefficient (Wildman–Crippen LogP) is 1.33. The molecule has 0 amide bonds. The monoisotopic (exact) mass is 234 g/mol. The minimum Gasteiger partial charge on any atom is -0.330 e. The van der Waals surface area contributed by atoms with Gasteiger partial charge in [0.2, 0.25) is 0 Å². The molecule has 2 N–H and O–H groups in total. The number of thiazole rings is 1. The van der Waals surface area contributed by atoms with Gasteiger partial charge in [0, 0.05) is 29.4 Å². The van der Waals surface area contributed by atoms with E-state index in [1.165, 1.54) is 0 Å². The molecule has 0 aliphatic rings. The van der Waals surface area contributed by atoms with Crippen molar-refractivity contribution < 1.29 is 0 Å². The van der Waals surface area contributed by atoms with Gasteiger partial charge in [0.15, 0.2) is 0 Å². The standard InChI is InChI=1S/C11H14N4S/c1-8-7-16-11(14-8)6-10-13-5-3-9(15-10)2-4-12/h3,5,7H,2,4,6,12H2,1H3. The van der Waals surface area contributed by atoms with E-state index < -0.39 is 0 Å². The van der Waals surface area contributed by atoms with Gasteiger partial charge in [0.05, 0.1) is 6.42 Å². The zero-order chi connectivity index (χ0) is 11.4. The maximum absolute atomic E-state index is 5.50. The fraction of sp³-hybridized carbons (Fsp3) is 0.364. The summed E-state index contributed by atoms with van der Waals surface area (Å²) in [5.74, 6) is 0.820. The van der Waals surface area contributed by atoms with Crippen molar-refractivity contribution in [2.45, 2.75) is 19.8 Å². The van der Waals surface area contributed by atoms with Crippen molar-refractivity contribution in [3.63, 3.8) is 0 Å². The number of nitrogens with zero attached hydrogens (tertiary/aromatic N) is 3. The van der Waals surface area contributed by atoms with Crippen LogP contribution in [-0.4, -0.2) is 21.5 Å². The molecule has 0 radical (unpaired) electrons. The highest BCUT2D eigenvalue weighted by molar-refractivity contribution is 7.09. The minimum absolute atomic E-state index is 0.618. The van der Waals surface area contributed by atoms with E-state index in [1.54, 1.807) is 17.5 Å². The summed E-state index contributed by atoms with van der Waals surface area (Å²) < 4.78 is 0. The van der Waals surface area contributed by atoms with Crippen LogP contribution in [0.3, 0.4) is 0 Å². The first-order valence-electron chi connectivity index (χ1n) is 5.20. The van der Waals surface area contributed by atoms with Gasteiger partial charge in [-0.25, -0.2) is 15.0 Å². The summed E-state index contributed by atoms with van der Waals surface area (Å²) in [6.07, 6.45) is 3.29.